The van der Waals surface area contributed by atoms with Crippen molar-refractivity contribution >= 4 is 50.9 Å². The summed E-state index contributed by atoms with van der Waals surface area (Å²) in [7, 11) is 2.54. The van der Waals surface area contributed by atoms with Crippen LogP contribution >= 0.6 is 23.1 Å². The number of nitrogens with zero attached hydrogens (tertiary/aromatic N) is 2. The molecule has 2 aromatic rings. The van der Waals surface area contributed by atoms with Gasteiger partial charge >= 0.3 is 11.9 Å². The van der Waals surface area contributed by atoms with Crippen molar-refractivity contribution in [2.45, 2.75) is 11.3 Å². The van der Waals surface area contributed by atoms with E-state index >= 15 is 0 Å². The lowest BCUT2D eigenvalue weighted by atomic mass is 10.1. The van der Waals surface area contributed by atoms with Gasteiger partial charge in [0.2, 0.25) is 0 Å². The highest BCUT2D eigenvalue weighted by molar-refractivity contribution is 8.01. The van der Waals surface area contributed by atoms with E-state index in [2.05, 4.69) is 11.9 Å². The van der Waals surface area contributed by atoms with Gasteiger partial charge < -0.3 is 19.1 Å². The number of hydrogen-bond acceptors (Lipinski definition) is 9. The van der Waals surface area contributed by atoms with Crippen LogP contribution in [0.1, 0.15) is 6.92 Å². The Morgan fingerprint density at radius 2 is 2.08 bits per heavy atom. The number of fused-ring (bicyclic) bond motifs is 1. The molecular weight excluding hydrogens is 376 g/mol. The molecule has 0 unspecified atom stereocenters. The monoisotopic (exact) mass is 394 g/mol. The van der Waals surface area contributed by atoms with Gasteiger partial charge in [0.05, 0.1) is 36.6 Å². The summed E-state index contributed by atoms with van der Waals surface area (Å²) in [5.74, 6) is -0.277. The molecule has 0 N–H and O–H groups in total. The Balaban J connectivity index is 2.06. The number of methoxy groups -OCH3 is 2. The van der Waals surface area contributed by atoms with E-state index in [1.54, 1.807) is 28.0 Å². The number of rotatable bonds is 5. The van der Waals surface area contributed by atoms with E-state index in [1.807, 2.05) is 18.2 Å². The average Bonchev–Trinajstić information content (AvgIpc) is 3.07. The summed E-state index contributed by atoms with van der Waals surface area (Å²) >= 11 is 3.27. The van der Waals surface area contributed by atoms with E-state index in [4.69, 9.17) is 14.2 Å². The number of thiazole rings is 1. The van der Waals surface area contributed by atoms with Crippen LogP contribution in [0.5, 0.6) is 0 Å². The number of carbonyl (C=O) groups excluding carboxylic acids is 2. The summed E-state index contributed by atoms with van der Waals surface area (Å²) in [5.41, 5.74) is 1.88. The number of hydrogen-bond donors (Lipinski definition) is 0. The van der Waals surface area contributed by atoms with Gasteiger partial charge in [0.15, 0.2) is 4.34 Å². The van der Waals surface area contributed by atoms with E-state index in [0.29, 0.717) is 0 Å². The minimum absolute atomic E-state index is 0.00625. The lowest BCUT2D eigenvalue weighted by Gasteiger charge is -2.31. The van der Waals surface area contributed by atoms with Gasteiger partial charge in [-0.25, -0.2) is 14.6 Å². The number of aromatic nitrogens is 1. The van der Waals surface area contributed by atoms with Gasteiger partial charge in [-0.05, 0) is 24.0 Å². The minimum atomic E-state index is -0.615. The van der Waals surface area contributed by atoms with Gasteiger partial charge in [-0.15, -0.1) is 11.3 Å². The van der Waals surface area contributed by atoms with Crippen LogP contribution in [0.2, 0.25) is 0 Å². The molecule has 138 valence electrons. The van der Waals surface area contributed by atoms with Crippen molar-refractivity contribution in [3.63, 3.8) is 0 Å². The molecule has 0 atom stereocenters. The molecule has 0 spiro atoms. The summed E-state index contributed by atoms with van der Waals surface area (Å²) in [4.78, 5) is 30.6. The van der Waals surface area contributed by atoms with E-state index in [1.165, 1.54) is 14.2 Å². The van der Waals surface area contributed by atoms with Crippen molar-refractivity contribution in [1.29, 1.82) is 0 Å². The Hall–Kier alpha value is -2.10. The largest absolute Gasteiger partial charge is 0.466 e. The van der Waals surface area contributed by atoms with Crippen LogP contribution in [-0.4, -0.2) is 50.2 Å². The number of carbonyl (C=O) groups is 2. The first-order valence-corrected chi connectivity index (χ1v) is 9.67. The number of anilines is 1. The summed E-state index contributed by atoms with van der Waals surface area (Å²) in [5, 5.41) is 0. The highest BCUT2D eigenvalue weighted by atomic mass is 32.2. The number of thioether (sulfide) groups is 1. The normalized spacial score (nSPS) is 14.7. The molecule has 9 heteroatoms. The molecule has 1 aromatic heterocycles. The molecule has 1 aromatic carbocycles. The van der Waals surface area contributed by atoms with E-state index in [-0.39, 0.29) is 24.6 Å². The Morgan fingerprint density at radius 3 is 2.77 bits per heavy atom. The molecule has 7 nitrogen and oxygen atoms in total. The number of benzene rings is 1. The maximum atomic E-state index is 12.3. The van der Waals surface area contributed by atoms with Gasteiger partial charge in [-0.1, -0.05) is 18.7 Å². The van der Waals surface area contributed by atoms with Crippen LogP contribution in [-0.2, 0) is 23.8 Å². The predicted octanol–water partition coefficient (Wildman–Crippen LogP) is 2.80. The highest BCUT2D eigenvalue weighted by Gasteiger charge is 2.32. The lowest BCUT2D eigenvalue weighted by molar-refractivity contribution is -0.140. The first-order valence-electron chi connectivity index (χ1n) is 7.87. The van der Waals surface area contributed by atoms with Crippen molar-refractivity contribution in [2.75, 3.05) is 38.2 Å². The molecule has 0 bridgehead atoms. The van der Waals surface area contributed by atoms with Crippen LogP contribution in [0.3, 0.4) is 0 Å². The molecule has 0 aliphatic carbocycles. The van der Waals surface area contributed by atoms with Gasteiger partial charge in [0.25, 0.3) is 0 Å². The third kappa shape index (κ3) is 3.55. The second kappa shape index (κ2) is 8.07. The fraction of sp³-hybridized carbons (Fsp3) is 0.353. The van der Waals surface area contributed by atoms with Gasteiger partial charge in [0, 0.05) is 5.69 Å². The van der Waals surface area contributed by atoms with Gasteiger partial charge in [0.1, 0.15) is 12.4 Å². The maximum Gasteiger partial charge on any atom is 0.355 e. The number of esters is 2. The zero-order valence-electron chi connectivity index (χ0n) is 14.6. The van der Waals surface area contributed by atoms with Crippen LogP contribution in [0, 0.1) is 0 Å². The third-order valence-corrected chi connectivity index (χ3v) is 5.81. The maximum absolute atomic E-state index is 12.3. The van der Waals surface area contributed by atoms with Crippen LogP contribution in [0.4, 0.5) is 5.69 Å². The average molecular weight is 394 g/mol. The highest BCUT2D eigenvalue weighted by Crippen LogP contribution is 2.34. The fourth-order valence-electron chi connectivity index (χ4n) is 2.59. The topological polar surface area (TPSA) is 78.0 Å². The summed E-state index contributed by atoms with van der Waals surface area (Å²) < 4.78 is 17.1. The van der Waals surface area contributed by atoms with Crippen molar-refractivity contribution in [3.8, 4) is 0 Å². The summed E-state index contributed by atoms with van der Waals surface area (Å²) in [6, 6.07) is 5.66. The molecule has 1 aliphatic rings. The van der Waals surface area contributed by atoms with Crippen molar-refractivity contribution < 1.29 is 23.8 Å². The predicted molar refractivity (Wildman–Crippen MR) is 100 cm³/mol. The second-order valence-corrected chi connectivity index (χ2v) is 7.82. The van der Waals surface area contributed by atoms with Crippen LogP contribution in [0.25, 0.3) is 10.2 Å². The first kappa shape index (κ1) is 18.7. The Bertz CT molecular complexity index is 877. The standard InChI is InChI=1S/C17H18N2O5S2/c1-4-25-17-18-12-6-5-10(7-13(12)26-17)19-9-24-8-11(15(20)22-2)14(19)16(21)23-3/h5-7H,4,8-9H2,1-3H3. The molecule has 1 aliphatic heterocycles. The first-order chi connectivity index (χ1) is 12.6. The molecule has 26 heavy (non-hydrogen) atoms. The Labute approximate surface area is 158 Å². The molecule has 3 rings (SSSR count). The molecule has 0 saturated carbocycles. The second-order valence-electron chi connectivity index (χ2n) is 5.28. The Morgan fingerprint density at radius 1 is 1.31 bits per heavy atom. The molecule has 0 radical (unpaired) electrons. The van der Waals surface area contributed by atoms with Crippen molar-refractivity contribution in [3.05, 3.63) is 29.5 Å². The zero-order valence-corrected chi connectivity index (χ0v) is 16.2. The number of ether oxygens (including phenoxy) is 3. The zero-order chi connectivity index (χ0) is 18.7. The smallest absolute Gasteiger partial charge is 0.355 e. The van der Waals surface area contributed by atoms with E-state index in [0.717, 1.165) is 26.0 Å². The summed E-state index contributed by atoms with van der Waals surface area (Å²) in [6.45, 7) is 2.20. The van der Waals surface area contributed by atoms with E-state index in [9.17, 15) is 9.59 Å². The fourth-order valence-corrected chi connectivity index (χ4v) is 4.59. The lowest BCUT2D eigenvalue weighted by Crippen LogP contribution is -2.38. The van der Waals surface area contributed by atoms with Gasteiger partial charge in [-0.2, -0.15) is 0 Å². The summed E-state index contributed by atoms with van der Waals surface area (Å²) in [6.07, 6.45) is 0. The quantitative estimate of drug-likeness (QED) is 0.566. The molecule has 0 fully saturated rings. The van der Waals surface area contributed by atoms with Gasteiger partial charge in [-0.3, -0.25) is 0 Å². The van der Waals surface area contributed by atoms with Crippen molar-refractivity contribution in [1.82, 2.24) is 4.98 Å². The minimum Gasteiger partial charge on any atom is -0.466 e. The SMILES string of the molecule is CCSc1nc2ccc(N3COCC(C(=O)OC)=C3C(=O)OC)cc2s1. The van der Waals surface area contributed by atoms with Crippen LogP contribution in [0.15, 0.2) is 33.8 Å². The van der Waals surface area contributed by atoms with Crippen LogP contribution < -0.4 is 4.90 Å². The molecule has 2 heterocycles. The molecular formula is C17H18N2O5S2. The Kier molecular flexibility index (Phi) is 5.80. The van der Waals surface area contributed by atoms with E-state index < -0.39 is 11.9 Å². The molecule has 0 saturated heterocycles. The van der Waals surface area contributed by atoms with Crippen molar-refractivity contribution in [2.24, 2.45) is 0 Å². The third-order valence-electron chi connectivity index (χ3n) is 3.76. The molecule has 0 amide bonds.